The molecule has 1 saturated heterocycles. The molecule has 0 bridgehead atoms. The maximum absolute atomic E-state index is 11.8. The molecular formula is C14H24N2O3. The van der Waals surface area contributed by atoms with Crippen molar-refractivity contribution in [3.8, 4) is 0 Å². The summed E-state index contributed by atoms with van der Waals surface area (Å²) in [4.78, 5) is 25.3. The van der Waals surface area contributed by atoms with Crippen LogP contribution in [0.3, 0.4) is 0 Å². The first-order valence-electron chi connectivity index (χ1n) is 7.16. The van der Waals surface area contributed by atoms with Gasteiger partial charge in [0.2, 0.25) is 5.91 Å². The molecule has 0 aromatic heterocycles. The molecule has 5 nitrogen and oxygen atoms in total. The lowest BCUT2D eigenvalue weighted by atomic mass is 9.81. The van der Waals surface area contributed by atoms with Crippen LogP contribution in [0.5, 0.6) is 0 Å². The maximum Gasteiger partial charge on any atom is 0.311 e. The molecule has 2 N–H and O–H groups in total. The topological polar surface area (TPSA) is 69.6 Å². The van der Waals surface area contributed by atoms with Gasteiger partial charge in [0.05, 0.1) is 12.0 Å². The Balaban J connectivity index is 1.88. The van der Waals surface area contributed by atoms with E-state index in [4.69, 9.17) is 0 Å². The van der Waals surface area contributed by atoms with Crippen LogP contribution >= 0.6 is 0 Å². The van der Waals surface area contributed by atoms with Gasteiger partial charge in [-0.25, -0.2) is 0 Å². The first kappa shape index (κ1) is 14.3. The molecule has 1 heterocycles. The van der Waals surface area contributed by atoms with Crippen LogP contribution in [0.15, 0.2) is 0 Å². The quantitative estimate of drug-likeness (QED) is 0.779. The molecule has 2 aliphatic rings. The Morgan fingerprint density at radius 1 is 1.47 bits per heavy atom. The summed E-state index contributed by atoms with van der Waals surface area (Å²) in [7, 11) is 0. The highest BCUT2D eigenvalue weighted by Crippen LogP contribution is 2.48. The first-order valence-corrected chi connectivity index (χ1v) is 7.16. The van der Waals surface area contributed by atoms with Gasteiger partial charge in [0, 0.05) is 19.6 Å². The number of hydrogen-bond acceptors (Lipinski definition) is 3. The number of hydrogen-bond donors (Lipinski definition) is 2. The van der Waals surface area contributed by atoms with Crippen LogP contribution in [-0.2, 0) is 9.59 Å². The van der Waals surface area contributed by atoms with Crippen molar-refractivity contribution >= 4 is 11.9 Å². The third-order valence-electron chi connectivity index (χ3n) is 4.44. The molecule has 1 aliphatic carbocycles. The lowest BCUT2D eigenvalue weighted by molar-refractivity contribution is -0.149. The zero-order valence-electron chi connectivity index (χ0n) is 11.8. The van der Waals surface area contributed by atoms with Crippen molar-refractivity contribution in [1.82, 2.24) is 10.2 Å². The van der Waals surface area contributed by atoms with E-state index >= 15 is 0 Å². The van der Waals surface area contributed by atoms with Gasteiger partial charge >= 0.3 is 5.97 Å². The van der Waals surface area contributed by atoms with Crippen molar-refractivity contribution in [3.05, 3.63) is 0 Å². The van der Waals surface area contributed by atoms with Gasteiger partial charge in [-0.1, -0.05) is 20.3 Å². The van der Waals surface area contributed by atoms with Gasteiger partial charge in [-0.15, -0.1) is 0 Å². The minimum absolute atomic E-state index is 0.00853. The van der Waals surface area contributed by atoms with Gasteiger partial charge < -0.3 is 10.4 Å². The van der Waals surface area contributed by atoms with E-state index in [1.807, 2.05) is 4.90 Å². The maximum atomic E-state index is 11.8. The largest absolute Gasteiger partial charge is 0.481 e. The van der Waals surface area contributed by atoms with Gasteiger partial charge in [0.15, 0.2) is 0 Å². The zero-order chi connectivity index (χ0) is 14.0. The summed E-state index contributed by atoms with van der Waals surface area (Å²) >= 11 is 0. The van der Waals surface area contributed by atoms with E-state index in [9.17, 15) is 14.7 Å². The molecule has 0 spiro atoms. The highest BCUT2D eigenvalue weighted by Gasteiger charge is 2.54. The average molecular weight is 268 g/mol. The number of carbonyl (C=O) groups excluding carboxylic acids is 1. The minimum atomic E-state index is -0.680. The highest BCUT2D eigenvalue weighted by molar-refractivity contribution is 5.79. The SMILES string of the molecule is CC(C)CNC(=O)CN1C[C@@H]2CCC[C@@]2(C(=O)O)C1. The Hall–Kier alpha value is -1.10. The Kier molecular flexibility index (Phi) is 4.13. The van der Waals surface area contributed by atoms with Crippen molar-refractivity contribution in [3.63, 3.8) is 0 Å². The monoisotopic (exact) mass is 268 g/mol. The molecule has 1 saturated carbocycles. The van der Waals surface area contributed by atoms with E-state index in [0.717, 1.165) is 25.8 Å². The van der Waals surface area contributed by atoms with E-state index in [0.29, 0.717) is 25.6 Å². The molecule has 1 amide bonds. The second kappa shape index (κ2) is 5.49. The fourth-order valence-electron chi connectivity index (χ4n) is 3.44. The predicted molar refractivity (Wildman–Crippen MR) is 71.7 cm³/mol. The van der Waals surface area contributed by atoms with Crippen LogP contribution in [0.25, 0.3) is 0 Å². The minimum Gasteiger partial charge on any atom is -0.481 e. The summed E-state index contributed by atoms with van der Waals surface area (Å²) in [6.45, 7) is 6.40. The third kappa shape index (κ3) is 2.91. The fourth-order valence-corrected chi connectivity index (χ4v) is 3.44. The molecule has 0 aromatic carbocycles. The number of rotatable bonds is 5. The van der Waals surface area contributed by atoms with E-state index < -0.39 is 11.4 Å². The summed E-state index contributed by atoms with van der Waals surface area (Å²) in [5.74, 6) is -0.00975. The van der Waals surface area contributed by atoms with E-state index in [-0.39, 0.29) is 11.8 Å². The predicted octanol–water partition coefficient (Wildman–Crippen LogP) is 0.945. The number of aliphatic carboxylic acids is 1. The second-order valence-electron chi connectivity index (χ2n) is 6.42. The Morgan fingerprint density at radius 2 is 2.21 bits per heavy atom. The van der Waals surface area contributed by atoms with Gasteiger partial charge in [0.25, 0.3) is 0 Å². The number of carboxylic acid groups (broad SMARTS) is 1. The molecule has 2 atom stereocenters. The molecular weight excluding hydrogens is 244 g/mol. The summed E-state index contributed by atoms with van der Waals surface area (Å²) < 4.78 is 0. The number of carbonyl (C=O) groups is 2. The van der Waals surface area contributed by atoms with E-state index in [1.165, 1.54) is 0 Å². The van der Waals surface area contributed by atoms with Gasteiger partial charge in [-0.05, 0) is 24.7 Å². The molecule has 0 radical (unpaired) electrons. The van der Waals surface area contributed by atoms with Gasteiger partial charge in [0.1, 0.15) is 0 Å². The van der Waals surface area contributed by atoms with Crippen molar-refractivity contribution in [1.29, 1.82) is 0 Å². The highest BCUT2D eigenvalue weighted by atomic mass is 16.4. The van der Waals surface area contributed by atoms with E-state index in [2.05, 4.69) is 19.2 Å². The number of carboxylic acids is 1. The summed E-state index contributed by atoms with van der Waals surface area (Å²) in [5, 5.41) is 12.4. The van der Waals surface area contributed by atoms with Crippen molar-refractivity contribution < 1.29 is 14.7 Å². The number of nitrogens with one attached hydrogen (secondary N) is 1. The lowest BCUT2D eigenvalue weighted by Crippen LogP contribution is -2.40. The van der Waals surface area contributed by atoms with Crippen LogP contribution < -0.4 is 5.32 Å². The van der Waals surface area contributed by atoms with Gasteiger partial charge in [-0.3, -0.25) is 14.5 Å². The molecule has 2 fully saturated rings. The number of likely N-dealkylation sites (tertiary alicyclic amines) is 1. The van der Waals surface area contributed by atoms with E-state index in [1.54, 1.807) is 0 Å². The summed E-state index contributed by atoms with van der Waals surface area (Å²) in [6.07, 6.45) is 2.75. The van der Waals surface area contributed by atoms with Crippen LogP contribution in [0.2, 0.25) is 0 Å². The smallest absolute Gasteiger partial charge is 0.311 e. The van der Waals surface area contributed by atoms with Crippen LogP contribution in [0, 0.1) is 17.3 Å². The zero-order valence-corrected chi connectivity index (χ0v) is 11.8. The Labute approximate surface area is 114 Å². The summed E-state index contributed by atoms with van der Waals surface area (Å²) in [6, 6.07) is 0. The number of fused-ring (bicyclic) bond motifs is 1. The lowest BCUT2D eigenvalue weighted by Gasteiger charge is -2.23. The van der Waals surface area contributed by atoms with Crippen molar-refractivity contribution in [2.75, 3.05) is 26.2 Å². The molecule has 5 heteroatoms. The van der Waals surface area contributed by atoms with Crippen molar-refractivity contribution in [2.45, 2.75) is 33.1 Å². The number of amides is 1. The summed E-state index contributed by atoms with van der Waals surface area (Å²) in [5.41, 5.74) is -0.585. The first-order chi connectivity index (χ1) is 8.94. The normalized spacial score (nSPS) is 30.6. The molecule has 108 valence electrons. The molecule has 1 aliphatic heterocycles. The number of nitrogens with zero attached hydrogens (tertiary/aromatic N) is 1. The van der Waals surface area contributed by atoms with Gasteiger partial charge in [-0.2, -0.15) is 0 Å². The molecule has 0 unspecified atom stereocenters. The Bertz CT molecular complexity index is 370. The molecule has 0 aromatic rings. The van der Waals surface area contributed by atoms with Crippen LogP contribution in [0.4, 0.5) is 0 Å². The third-order valence-corrected chi connectivity index (χ3v) is 4.44. The standard InChI is InChI=1S/C14H24N2O3/c1-10(2)6-15-12(17)8-16-7-11-4-3-5-14(11,9-16)13(18)19/h10-11H,3-9H2,1-2H3,(H,15,17)(H,18,19)/t11-,14+/m0/s1. The molecule has 2 rings (SSSR count). The van der Waals surface area contributed by atoms with Crippen LogP contribution in [-0.4, -0.2) is 48.1 Å². The Morgan fingerprint density at radius 3 is 2.79 bits per heavy atom. The molecule has 19 heavy (non-hydrogen) atoms. The van der Waals surface area contributed by atoms with Crippen LogP contribution in [0.1, 0.15) is 33.1 Å². The fraction of sp³-hybridized carbons (Fsp3) is 0.857. The van der Waals surface area contributed by atoms with Crippen molar-refractivity contribution in [2.24, 2.45) is 17.3 Å². The second-order valence-corrected chi connectivity index (χ2v) is 6.42. The average Bonchev–Trinajstić information content (AvgIpc) is 2.83.